The van der Waals surface area contributed by atoms with Crippen molar-refractivity contribution in [1.29, 1.82) is 0 Å². The number of hydrogen-bond acceptors (Lipinski definition) is 1. The van der Waals surface area contributed by atoms with Crippen molar-refractivity contribution in [3.05, 3.63) is 42.0 Å². The molecule has 78 valence electrons. The van der Waals surface area contributed by atoms with Crippen molar-refractivity contribution < 1.29 is 4.79 Å². The monoisotopic (exact) mass is 201 g/mol. The van der Waals surface area contributed by atoms with E-state index in [9.17, 15) is 4.79 Å². The normalized spacial score (nSPS) is 15.5. The van der Waals surface area contributed by atoms with E-state index in [1.165, 1.54) is 0 Å². The second kappa shape index (κ2) is 4.78. The fourth-order valence-corrected chi connectivity index (χ4v) is 1.41. The van der Waals surface area contributed by atoms with Crippen LogP contribution >= 0.6 is 0 Å². The molecule has 0 unspecified atom stereocenters. The highest BCUT2D eigenvalue weighted by atomic mass is 16.2. The molecule has 0 saturated heterocycles. The first-order chi connectivity index (χ1) is 7.36. The van der Waals surface area contributed by atoms with Crippen LogP contribution in [0.3, 0.4) is 0 Å². The first-order valence-electron chi connectivity index (χ1n) is 5.35. The van der Waals surface area contributed by atoms with Crippen LogP contribution in [0, 0.1) is 5.92 Å². The van der Waals surface area contributed by atoms with Gasteiger partial charge in [-0.3, -0.25) is 4.79 Å². The van der Waals surface area contributed by atoms with E-state index in [0.717, 1.165) is 18.4 Å². The predicted molar refractivity (Wildman–Crippen MR) is 61.2 cm³/mol. The zero-order valence-electron chi connectivity index (χ0n) is 8.65. The van der Waals surface area contributed by atoms with E-state index in [1.54, 1.807) is 0 Å². The molecule has 2 heteroatoms. The SMILES string of the molecule is O=C(NCC=Cc1ccccc1)C1CC1. The van der Waals surface area contributed by atoms with Gasteiger partial charge >= 0.3 is 0 Å². The number of carbonyl (C=O) groups is 1. The zero-order valence-corrected chi connectivity index (χ0v) is 8.65. The Morgan fingerprint density at radius 2 is 2.07 bits per heavy atom. The third-order valence-electron chi connectivity index (χ3n) is 2.45. The molecule has 1 aromatic rings. The molecule has 1 aliphatic rings. The average Bonchev–Trinajstić information content (AvgIpc) is 3.09. The molecule has 0 bridgehead atoms. The molecule has 1 saturated carbocycles. The summed E-state index contributed by atoms with van der Waals surface area (Å²) in [4.78, 5) is 11.3. The lowest BCUT2D eigenvalue weighted by atomic mass is 10.2. The molecule has 0 spiro atoms. The summed E-state index contributed by atoms with van der Waals surface area (Å²) in [6.45, 7) is 0.629. The van der Waals surface area contributed by atoms with Gasteiger partial charge in [-0.05, 0) is 18.4 Å². The minimum absolute atomic E-state index is 0.202. The number of amides is 1. The first kappa shape index (κ1) is 9.97. The summed E-state index contributed by atoms with van der Waals surface area (Å²) in [7, 11) is 0. The van der Waals surface area contributed by atoms with E-state index in [4.69, 9.17) is 0 Å². The topological polar surface area (TPSA) is 29.1 Å². The summed E-state index contributed by atoms with van der Waals surface area (Å²) in [6, 6.07) is 10.1. The van der Waals surface area contributed by atoms with Gasteiger partial charge in [0.05, 0.1) is 0 Å². The highest BCUT2D eigenvalue weighted by Crippen LogP contribution is 2.28. The fraction of sp³-hybridized carbons (Fsp3) is 0.308. The Bertz CT molecular complexity index is 352. The molecule has 0 aliphatic heterocycles. The molecule has 1 amide bonds. The molecule has 1 fully saturated rings. The van der Waals surface area contributed by atoms with E-state index in [-0.39, 0.29) is 5.91 Å². The molecule has 0 aromatic heterocycles. The van der Waals surface area contributed by atoms with Crippen LogP contribution in [0.1, 0.15) is 18.4 Å². The Morgan fingerprint density at radius 1 is 1.33 bits per heavy atom. The lowest BCUT2D eigenvalue weighted by molar-refractivity contribution is -0.122. The van der Waals surface area contributed by atoms with Crippen LogP contribution in [-0.4, -0.2) is 12.5 Å². The van der Waals surface area contributed by atoms with Gasteiger partial charge in [0.25, 0.3) is 0 Å². The van der Waals surface area contributed by atoms with Crippen molar-refractivity contribution >= 4 is 12.0 Å². The third-order valence-corrected chi connectivity index (χ3v) is 2.45. The Hall–Kier alpha value is -1.57. The highest BCUT2D eigenvalue weighted by molar-refractivity contribution is 5.81. The molecule has 1 aliphatic carbocycles. The van der Waals surface area contributed by atoms with Gasteiger partial charge in [0.1, 0.15) is 0 Å². The lowest BCUT2D eigenvalue weighted by Crippen LogP contribution is -2.24. The maximum absolute atomic E-state index is 11.3. The summed E-state index contributed by atoms with van der Waals surface area (Å²) < 4.78 is 0. The molecular weight excluding hydrogens is 186 g/mol. The van der Waals surface area contributed by atoms with Crippen LogP contribution in [0.15, 0.2) is 36.4 Å². The smallest absolute Gasteiger partial charge is 0.223 e. The minimum Gasteiger partial charge on any atom is -0.352 e. The standard InChI is InChI=1S/C13H15NO/c15-13(12-8-9-12)14-10-4-7-11-5-2-1-3-6-11/h1-7,12H,8-10H2,(H,14,15). The average molecular weight is 201 g/mol. The van der Waals surface area contributed by atoms with Crippen molar-refractivity contribution in [3.63, 3.8) is 0 Å². The molecule has 1 N–H and O–H groups in total. The van der Waals surface area contributed by atoms with Gasteiger partial charge < -0.3 is 5.32 Å². The van der Waals surface area contributed by atoms with Crippen LogP contribution in [0.5, 0.6) is 0 Å². The van der Waals surface area contributed by atoms with E-state index < -0.39 is 0 Å². The molecule has 1 aromatic carbocycles. The Labute approximate surface area is 90.0 Å². The van der Waals surface area contributed by atoms with E-state index in [2.05, 4.69) is 5.32 Å². The van der Waals surface area contributed by atoms with Gasteiger partial charge in [-0.2, -0.15) is 0 Å². The molecule has 0 heterocycles. The molecule has 0 radical (unpaired) electrons. The molecule has 15 heavy (non-hydrogen) atoms. The maximum atomic E-state index is 11.3. The highest BCUT2D eigenvalue weighted by Gasteiger charge is 2.28. The van der Waals surface area contributed by atoms with Crippen molar-refractivity contribution in [3.8, 4) is 0 Å². The number of benzene rings is 1. The van der Waals surface area contributed by atoms with Gasteiger partial charge in [-0.25, -0.2) is 0 Å². The molecule has 2 rings (SSSR count). The summed E-state index contributed by atoms with van der Waals surface area (Å²) in [5.41, 5.74) is 1.16. The van der Waals surface area contributed by atoms with Crippen molar-refractivity contribution in [2.75, 3.05) is 6.54 Å². The molecular formula is C13H15NO. The minimum atomic E-state index is 0.202. The fourth-order valence-electron chi connectivity index (χ4n) is 1.41. The maximum Gasteiger partial charge on any atom is 0.223 e. The Morgan fingerprint density at radius 3 is 2.73 bits per heavy atom. The Balaban J connectivity index is 1.73. The summed E-state index contributed by atoms with van der Waals surface area (Å²) in [5.74, 6) is 0.503. The summed E-state index contributed by atoms with van der Waals surface area (Å²) >= 11 is 0. The summed E-state index contributed by atoms with van der Waals surface area (Å²) in [6.07, 6.45) is 6.13. The third kappa shape index (κ3) is 3.24. The number of hydrogen-bond donors (Lipinski definition) is 1. The predicted octanol–water partition coefficient (Wildman–Crippen LogP) is 2.23. The second-order valence-electron chi connectivity index (χ2n) is 3.83. The van der Waals surface area contributed by atoms with E-state index in [0.29, 0.717) is 12.5 Å². The number of rotatable bonds is 4. The van der Waals surface area contributed by atoms with Crippen molar-refractivity contribution in [1.82, 2.24) is 5.32 Å². The van der Waals surface area contributed by atoms with Gasteiger partial charge in [0, 0.05) is 12.5 Å². The van der Waals surface area contributed by atoms with Gasteiger partial charge in [-0.1, -0.05) is 42.5 Å². The largest absolute Gasteiger partial charge is 0.352 e. The van der Waals surface area contributed by atoms with Gasteiger partial charge in [0.2, 0.25) is 5.91 Å². The van der Waals surface area contributed by atoms with E-state index >= 15 is 0 Å². The van der Waals surface area contributed by atoms with Crippen LogP contribution in [0.25, 0.3) is 6.08 Å². The van der Waals surface area contributed by atoms with Crippen LogP contribution in [0.2, 0.25) is 0 Å². The van der Waals surface area contributed by atoms with Crippen LogP contribution in [-0.2, 0) is 4.79 Å². The molecule has 0 atom stereocenters. The number of nitrogens with one attached hydrogen (secondary N) is 1. The zero-order chi connectivity index (χ0) is 10.5. The van der Waals surface area contributed by atoms with Gasteiger partial charge in [-0.15, -0.1) is 0 Å². The van der Waals surface area contributed by atoms with Crippen LogP contribution < -0.4 is 5.32 Å². The lowest BCUT2D eigenvalue weighted by Gasteiger charge is -1.98. The van der Waals surface area contributed by atoms with Crippen LogP contribution in [0.4, 0.5) is 0 Å². The Kier molecular flexibility index (Phi) is 3.18. The second-order valence-corrected chi connectivity index (χ2v) is 3.83. The van der Waals surface area contributed by atoms with Crippen molar-refractivity contribution in [2.45, 2.75) is 12.8 Å². The number of carbonyl (C=O) groups excluding carboxylic acids is 1. The van der Waals surface area contributed by atoms with Crippen molar-refractivity contribution in [2.24, 2.45) is 5.92 Å². The first-order valence-corrected chi connectivity index (χ1v) is 5.35. The summed E-state index contributed by atoms with van der Waals surface area (Å²) in [5, 5.41) is 2.89. The van der Waals surface area contributed by atoms with E-state index in [1.807, 2.05) is 42.5 Å². The van der Waals surface area contributed by atoms with Gasteiger partial charge in [0.15, 0.2) is 0 Å². The quantitative estimate of drug-likeness (QED) is 0.795. The molecule has 2 nitrogen and oxygen atoms in total.